The maximum absolute atomic E-state index is 2.44. The van der Waals surface area contributed by atoms with Gasteiger partial charge in [0, 0.05) is 0 Å². The highest BCUT2D eigenvalue weighted by molar-refractivity contribution is 5.07. The van der Waals surface area contributed by atoms with Gasteiger partial charge in [0.25, 0.3) is 0 Å². The predicted molar refractivity (Wildman–Crippen MR) is 62.1 cm³/mol. The lowest BCUT2D eigenvalue weighted by molar-refractivity contribution is 0.0762. The Labute approximate surface area is 89.5 Å². The van der Waals surface area contributed by atoms with Crippen LogP contribution >= 0.6 is 0 Å². The summed E-state index contributed by atoms with van der Waals surface area (Å²) in [5.41, 5.74) is 1.04. The number of hydrogen-bond donors (Lipinski definition) is 0. The number of hydrogen-bond acceptors (Lipinski definition) is 0. The lowest BCUT2D eigenvalue weighted by Gasteiger charge is -2.41. The number of fused-ring (bicyclic) bond motifs is 1. The fourth-order valence-corrected chi connectivity index (χ4v) is 3.89. The molecule has 14 heavy (non-hydrogen) atoms. The van der Waals surface area contributed by atoms with Crippen molar-refractivity contribution < 1.29 is 0 Å². The predicted octanol–water partition coefficient (Wildman–Crippen LogP) is 4.35. The zero-order chi connectivity index (χ0) is 10.7. The normalized spacial score (nSPS) is 42.4. The summed E-state index contributed by atoms with van der Waals surface area (Å²) in [6.07, 6.45) is 3.05. The first-order chi connectivity index (χ1) is 6.21. The maximum atomic E-state index is 2.44. The van der Waals surface area contributed by atoms with E-state index in [2.05, 4.69) is 41.5 Å². The first kappa shape index (κ1) is 10.5. The van der Waals surface area contributed by atoms with Gasteiger partial charge < -0.3 is 0 Å². The van der Waals surface area contributed by atoms with E-state index >= 15 is 0 Å². The molecule has 0 aromatic heterocycles. The van der Waals surface area contributed by atoms with Gasteiger partial charge in [-0.1, -0.05) is 41.5 Å². The second-order valence-corrected chi connectivity index (χ2v) is 7.76. The SMILES string of the molecule is CC(C)(C)C1CC2CC2C1C(C)(C)C. The molecule has 2 rings (SSSR count). The molecule has 0 N–H and O–H groups in total. The minimum absolute atomic E-state index is 0.519. The molecule has 0 bridgehead atoms. The van der Waals surface area contributed by atoms with Crippen molar-refractivity contribution in [3.05, 3.63) is 0 Å². The first-order valence-corrected chi connectivity index (χ1v) is 6.21. The van der Waals surface area contributed by atoms with E-state index in [-0.39, 0.29) is 0 Å². The monoisotopic (exact) mass is 194 g/mol. The summed E-state index contributed by atoms with van der Waals surface area (Å²) >= 11 is 0. The van der Waals surface area contributed by atoms with Crippen LogP contribution in [-0.4, -0.2) is 0 Å². The fraction of sp³-hybridized carbons (Fsp3) is 1.00. The van der Waals surface area contributed by atoms with E-state index in [1.165, 1.54) is 12.8 Å². The van der Waals surface area contributed by atoms with Gasteiger partial charge in [0.1, 0.15) is 0 Å². The Bertz CT molecular complexity index is 225. The van der Waals surface area contributed by atoms with Crippen LogP contribution in [-0.2, 0) is 0 Å². The minimum atomic E-state index is 0.519. The zero-order valence-electron chi connectivity index (χ0n) is 10.7. The standard InChI is InChI=1S/C14H26/c1-13(2,3)11-8-9-7-10(9)12(11)14(4,5)6/h9-12H,7-8H2,1-6H3. The lowest BCUT2D eigenvalue weighted by Crippen LogP contribution is -2.34. The van der Waals surface area contributed by atoms with E-state index in [1.807, 2.05) is 0 Å². The quantitative estimate of drug-likeness (QED) is 0.538. The van der Waals surface area contributed by atoms with Gasteiger partial charge in [-0.25, -0.2) is 0 Å². The van der Waals surface area contributed by atoms with Crippen LogP contribution in [0.25, 0.3) is 0 Å². The van der Waals surface area contributed by atoms with Crippen molar-refractivity contribution >= 4 is 0 Å². The van der Waals surface area contributed by atoms with Crippen LogP contribution in [0.2, 0.25) is 0 Å². The topological polar surface area (TPSA) is 0 Å². The Morgan fingerprint density at radius 3 is 1.71 bits per heavy atom. The molecule has 2 aliphatic rings. The molecule has 0 aliphatic heterocycles. The van der Waals surface area contributed by atoms with Crippen LogP contribution in [0.15, 0.2) is 0 Å². The van der Waals surface area contributed by atoms with Crippen LogP contribution in [0.1, 0.15) is 54.4 Å². The highest BCUT2D eigenvalue weighted by Gasteiger charge is 2.58. The third kappa shape index (κ3) is 1.61. The van der Waals surface area contributed by atoms with Crippen LogP contribution in [0.3, 0.4) is 0 Å². The molecule has 0 nitrogen and oxygen atoms in total. The first-order valence-electron chi connectivity index (χ1n) is 6.21. The molecule has 0 amide bonds. The fourth-order valence-electron chi connectivity index (χ4n) is 3.89. The lowest BCUT2D eigenvalue weighted by atomic mass is 9.64. The van der Waals surface area contributed by atoms with Gasteiger partial charge in [0.05, 0.1) is 0 Å². The molecular formula is C14H26. The van der Waals surface area contributed by atoms with Crippen molar-refractivity contribution in [2.75, 3.05) is 0 Å². The summed E-state index contributed by atoms with van der Waals surface area (Å²) in [6.45, 7) is 14.6. The molecule has 0 spiro atoms. The van der Waals surface area contributed by atoms with E-state index < -0.39 is 0 Å². The van der Waals surface area contributed by atoms with Crippen molar-refractivity contribution in [3.63, 3.8) is 0 Å². The summed E-state index contributed by atoms with van der Waals surface area (Å²) in [5, 5.41) is 0. The molecule has 4 unspecified atom stereocenters. The Morgan fingerprint density at radius 2 is 1.36 bits per heavy atom. The zero-order valence-corrected chi connectivity index (χ0v) is 10.7. The molecule has 0 aromatic carbocycles. The van der Waals surface area contributed by atoms with E-state index in [4.69, 9.17) is 0 Å². The van der Waals surface area contributed by atoms with Crippen molar-refractivity contribution in [1.29, 1.82) is 0 Å². The van der Waals surface area contributed by atoms with Gasteiger partial charge in [-0.3, -0.25) is 0 Å². The summed E-state index contributed by atoms with van der Waals surface area (Å²) < 4.78 is 0. The Hall–Kier alpha value is 0. The van der Waals surface area contributed by atoms with Crippen molar-refractivity contribution in [3.8, 4) is 0 Å². The Kier molecular flexibility index (Phi) is 2.08. The molecule has 0 heterocycles. The van der Waals surface area contributed by atoms with E-state index in [1.54, 1.807) is 0 Å². The highest BCUT2D eigenvalue weighted by atomic mass is 14.6. The minimum Gasteiger partial charge on any atom is -0.0599 e. The van der Waals surface area contributed by atoms with E-state index in [0.717, 1.165) is 23.7 Å². The largest absolute Gasteiger partial charge is 0.0599 e. The third-order valence-corrected chi connectivity index (χ3v) is 4.54. The number of rotatable bonds is 0. The van der Waals surface area contributed by atoms with Crippen molar-refractivity contribution in [1.82, 2.24) is 0 Å². The Balaban J connectivity index is 2.20. The van der Waals surface area contributed by atoms with Crippen LogP contribution < -0.4 is 0 Å². The van der Waals surface area contributed by atoms with Gasteiger partial charge in [-0.05, 0) is 47.3 Å². The second-order valence-electron chi connectivity index (χ2n) is 7.76. The summed E-state index contributed by atoms with van der Waals surface area (Å²) in [7, 11) is 0. The van der Waals surface area contributed by atoms with Gasteiger partial charge in [-0.2, -0.15) is 0 Å². The van der Waals surface area contributed by atoms with Gasteiger partial charge >= 0.3 is 0 Å². The summed E-state index contributed by atoms with van der Waals surface area (Å²) in [6, 6.07) is 0. The Morgan fingerprint density at radius 1 is 0.786 bits per heavy atom. The van der Waals surface area contributed by atoms with Crippen molar-refractivity contribution in [2.45, 2.75) is 54.4 Å². The molecule has 2 fully saturated rings. The van der Waals surface area contributed by atoms with Crippen LogP contribution in [0.4, 0.5) is 0 Å². The maximum Gasteiger partial charge on any atom is -0.0301 e. The van der Waals surface area contributed by atoms with E-state index in [0.29, 0.717) is 10.8 Å². The average molecular weight is 194 g/mol. The third-order valence-electron chi connectivity index (χ3n) is 4.54. The summed E-state index contributed by atoms with van der Waals surface area (Å²) in [4.78, 5) is 0. The average Bonchev–Trinajstić information content (AvgIpc) is 2.56. The molecule has 4 atom stereocenters. The van der Waals surface area contributed by atoms with E-state index in [9.17, 15) is 0 Å². The molecule has 82 valence electrons. The van der Waals surface area contributed by atoms with Crippen LogP contribution in [0.5, 0.6) is 0 Å². The van der Waals surface area contributed by atoms with Gasteiger partial charge in [0.15, 0.2) is 0 Å². The molecular weight excluding hydrogens is 168 g/mol. The summed E-state index contributed by atoms with van der Waals surface area (Å²) in [5.74, 6) is 4.13. The molecule has 2 aliphatic carbocycles. The molecule has 0 saturated heterocycles. The van der Waals surface area contributed by atoms with Gasteiger partial charge in [0.2, 0.25) is 0 Å². The highest BCUT2D eigenvalue weighted by Crippen LogP contribution is 2.66. The van der Waals surface area contributed by atoms with Crippen molar-refractivity contribution in [2.24, 2.45) is 34.5 Å². The van der Waals surface area contributed by atoms with Gasteiger partial charge in [-0.15, -0.1) is 0 Å². The smallest absolute Gasteiger partial charge is 0.0301 e. The second kappa shape index (κ2) is 2.77. The molecule has 0 heteroatoms. The van der Waals surface area contributed by atoms with Crippen LogP contribution in [0, 0.1) is 34.5 Å². The molecule has 0 radical (unpaired) electrons. The molecule has 2 saturated carbocycles. The molecule has 0 aromatic rings.